The summed E-state index contributed by atoms with van der Waals surface area (Å²) in [7, 11) is 0. The third-order valence-electron chi connectivity index (χ3n) is 3.08. The van der Waals surface area contributed by atoms with Gasteiger partial charge < -0.3 is 26.3 Å². The van der Waals surface area contributed by atoms with Crippen LogP contribution in [-0.4, -0.2) is 22.2 Å². The molecule has 0 aliphatic heterocycles. The van der Waals surface area contributed by atoms with Gasteiger partial charge in [0.2, 0.25) is 6.33 Å². The molecule has 0 aliphatic carbocycles. The molecule has 10 heteroatoms. The number of aromatic amines is 2. The van der Waals surface area contributed by atoms with Gasteiger partial charge in [-0.05, 0) is 11.6 Å². The van der Waals surface area contributed by atoms with Crippen LogP contribution in [0.4, 0.5) is 0 Å². The first-order chi connectivity index (χ1) is 12.1. The first-order valence-corrected chi connectivity index (χ1v) is 7.41. The van der Waals surface area contributed by atoms with E-state index in [4.69, 9.17) is 0 Å². The van der Waals surface area contributed by atoms with Crippen molar-refractivity contribution in [2.45, 2.75) is 6.92 Å². The number of aromatic nitrogens is 2. The summed E-state index contributed by atoms with van der Waals surface area (Å²) in [4.78, 5) is 5.82. The van der Waals surface area contributed by atoms with E-state index < -0.39 is 5.90 Å². The largest absolute Gasteiger partial charge is 2.00 e. The molecular formula is C18H17N4O5V-5. The summed E-state index contributed by atoms with van der Waals surface area (Å²) in [5.74, 6) is -1.02. The van der Waals surface area contributed by atoms with Gasteiger partial charge in [-0.1, -0.05) is 48.2 Å². The van der Waals surface area contributed by atoms with Crippen LogP contribution in [0, 0.1) is 6.92 Å². The average Bonchev–Trinajstić information content (AvgIpc) is 3.08. The Morgan fingerprint density at radius 2 is 1.75 bits per heavy atom. The second kappa shape index (κ2) is 14.0. The maximum Gasteiger partial charge on any atom is 0.239 e. The quantitative estimate of drug-likeness (QED) is 0.357. The number of nitrogens with zero attached hydrogens (tertiary/aromatic N) is 2. The Bertz CT molecular complexity index is 870. The molecule has 3 rings (SSSR count). The minimum Gasteiger partial charge on any atom is -2.00 e. The van der Waals surface area contributed by atoms with Crippen LogP contribution in [0.15, 0.2) is 71.3 Å². The number of rotatable bonds is 3. The van der Waals surface area contributed by atoms with Crippen molar-refractivity contribution in [3.63, 3.8) is 0 Å². The van der Waals surface area contributed by atoms with E-state index in [2.05, 4.69) is 20.2 Å². The molecule has 2 aromatic carbocycles. The third kappa shape index (κ3) is 8.52. The van der Waals surface area contributed by atoms with Gasteiger partial charge in [-0.2, -0.15) is 10.2 Å². The minimum atomic E-state index is -0.669. The van der Waals surface area contributed by atoms with Crippen molar-refractivity contribution < 1.29 is 49.8 Å². The average molecular weight is 420 g/mol. The summed E-state index contributed by atoms with van der Waals surface area (Å²) >= 11 is 0. The molecule has 0 amide bonds. The van der Waals surface area contributed by atoms with E-state index in [1.54, 1.807) is 36.7 Å². The van der Waals surface area contributed by atoms with Crippen molar-refractivity contribution in [2.24, 2.45) is 10.2 Å². The normalized spacial score (nSPS) is 9.96. The topological polar surface area (TPSA) is 178 Å². The molecule has 149 valence electrons. The third-order valence-corrected chi connectivity index (χ3v) is 3.08. The molecule has 1 heterocycles. The standard InChI is InChI=1S/C14H12N2O3.C4H6N2.2O.V/c17-12-7-3-1-5-10(12)9-15-16-14(19)11-6-2-4-8-13(11)18;1-4-2-5-3-6-4;;;/h1-9,17-18H,(H,16,19);2-3H,1H3,(H,5,6);;;/q;;2*-2;/p-1/b15-9+;;;;. The van der Waals surface area contributed by atoms with E-state index in [-0.39, 0.29) is 46.6 Å². The number of aromatic hydroxyl groups is 1. The van der Waals surface area contributed by atoms with Crippen LogP contribution in [0.3, 0.4) is 0 Å². The maximum atomic E-state index is 11.6. The van der Waals surface area contributed by atoms with E-state index >= 15 is 0 Å². The smallest absolute Gasteiger partial charge is 0.239 e. The van der Waals surface area contributed by atoms with Crippen molar-refractivity contribution in [2.75, 3.05) is 0 Å². The van der Waals surface area contributed by atoms with E-state index in [0.717, 1.165) is 5.69 Å². The Hall–Kier alpha value is -3.11. The Balaban J connectivity index is 0. The summed E-state index contributed by atoms with van der Waals surface area (Å²) in [5.41, 5.74) is 1.57. The van der Waals surface area contributed by atoms with Crippen molar-refractivity contribution in [1.82, 2.24) is 4.98 Å². The zero-order valence-electron chi connectivity index (χ0n) is 14.8. The van der Waals surface area contributed by atoms with Crippen LogP contribution < -0.4 is 15.2 Å². The summed E-state index contributed by atoms with van der Waals surface area (Å²) in [6, 6.07) is 12.3. The SMILES string of the molecule is Cc1c[nH+]c[nH]1.[O-2].[O-2].[O-]/C(=N\N=C\c1ccccc1[O-])c1ccccc1O.[V]. The molecule has 9 nitrogen and oxygen atoms in total. The molecule has 0 fully saturated rings. The molecule has 0 bridgehead atoms. The van der Waals surface area contributed by atoms with Crippen LogP contribution in [0.1, 0.15) is 16.8 Å². The zero-order chi connectivity index (χ0) is 18.1. The number of H-pyrrole nitrogens is 2. The summed E-state index contributed by atoms with van der Waals surface area (Å²) in [6.07, 6.45) is 4.90. The Labute approximate surface area is 173 Å². The molecule has 0 saturated heterocycles. The van der Waals surface area contributed by atoms with Gasteiger partial charge in [0.1, 0.15) is 17.6 Å². The molecule has 0 aliphatic rings. The van der Waals surface area contributed by atoms with Gasteiger partial charge in [-0.3, -0.25) is 4.98 Å². The molecule has 0 saturated carbocycles. The van der Waals surface area contributed by atoms with Crippen LogP contribution in [0.25, 0.3) is 0 Å². The summed E-state index contributed by atoms with van der Waals surface area (Å²) < 4.78 is 0. The number of phenols is 1. The second-order valence-electron chi connectivity index (χ2n) is 4.99. The van der Waals surface area contributed by atoms with Crippen molar-refractivity contribution in [1.29, 1.82) is 0 Å². The Morgan fingerprint density at radius 3 is 2.29 bits per heavy atom. The van der Waals surface area contributed by atoms with Gasteiger partial charge in [-0.25, -0.2) is 4.98 Å². The second-order valence-corrected chi connectivity index (χ2v) is 4.99. The zero-order valence-corrected chi connectivity index (χ0v) is 16.2. The number of hydrogen-bond donors (Lipinski definition) is 2. The van der Waals surface area contributed by atoms with Crippen molar-refractivity contribution >= 4 is 12.1 Å². The molecule has 1 radical (unpaired) electrons. The Kier molecular flexibility index (Phi) is 13.6. The molecule has 28 heavy (non-hydrogen) atoms. The van der Waals surface area contributed by atoms with Gasteiger partial charge >= 0.3 is 0 Å². The van der Waals surface area contributed by atoms with Gasteiger partial charge in [0.25, 0.3) is 0 Å². The van der Waals surface area contributed by atoms with E-state index in [1.807, 2.05) is 13.1 Å². The molecule has 1 aromatic heterocycles. The van der Waals surface area contributed by atoms with Crippen LogP contribution >= 0.6 is 0 Å². The predicted molar refractivity (Wildman–Crippen MR) is 91.6 cm³/mol. The number of para-hydroxylation sites is 2. The number of benzene rings is 2. The molecule has 0 unspecified atom stereocenters. The van der Waals surface area contributed by atoms with E-state index in [1.165, 1.54) is 24.4 Å². The monoisotopic (exact) mass is 420 g/mol. The minimum absolute atomic E-state index is 0. The first-order valence-electron chi connectivity index (χ1n) is 7.41. The predicted octanol–water partition coefficient (Wildman–Crippen LogP) is 0.504. The number of aryl methyl sites for hydroxylation is 1. The van der Waals surface area contributed by atoms with E-state index in [0.29, 0.717) is 5.56 Å². The van der Waals surface area contributed by atoms with Gasteiger partial charge in [0.15, 0.2) is 0 Å². The van der Waals surface area contributed by atoms with E-state index in [9.17, 15) is 15.3 Å². The summed E-state index contributed by atoms with van der Waals surface area (Å²) in [6.45, 7) is 2.00. The number of hydrogen-bond acceptors (Lipinski definition) is 5. The Morgan fingerprint density at radius 1 is 1.11 bits per heavy atom. The van der Waals surface area contributed by atoms with Crippen LogP contribution in [-0.2, 0) is 29.5 Å². The van der Waals surface area contributed by atoms with Gasteiger partial charge in [-0.15, -0.1) is 0 Å². The number of phenolic OH excluding ortho intramolecular Hbond substituents is 1. The van der Waals surface area contributed by atoms with Crippen LogP contribution in [0.5, 0.6) is 11.5 Å². The molecule has 0 atom stereocenters. The molecule has 0 spiro atoms. The fraction of sp³-hybridized carbons (Fsp3) is 0.0556. The number of nitrogens with one attached hydrogen (secondary N) is 2. The fourth-order valence-electron chi connectivity index (χ4n) is 1.80. The molecule has 3 aromatic rings. The van der Waals surface area contributed by atoms with Crippen LogP contribution in [0.2, 0.25) is 0 Å². The molecular weight excluding hydrogens is 403 g/mol. The molecule has 3 N–H and O–H groups in total. The van der Waals surface area contributed by atoms with Crippen molar-refractivity contribution in [3.8, 4) is 11.5 Å². The first kappa shape index (κ1) is 27.1. The van der Waals surface area contributed by atoms with Gasteiger partial charge in [0.05, 0.1) is 6.21 Å². The fourth-order valence-corrected chi connectivity index (χ4v) is 1.80. The van der Waals surface area contributed by atoms with Crippen molar-refractivity contribution in [3.05, 3.63) is 77.9 Å². The maximum absolute atomic E-state index is 11.6. The number of imidazole rings is 1. The summed E-state index contributed by atoms with van der Waals surface area (Å²) in [5, 5.41) is 39.4. The van der Waals surface area contributed by atoms with Gasteiger partial charge in [0, 0.05) is 36.9 Å².